The van der Waals surface area contributed by atoms with E-state index in [1.165, 1.54) is 40.2 Å². The number of hydrogen-bond acceptors (Lipinski definition) is 6. The number of carboxylic acid groups (broad SMARTS) is 1. The average molecular weight is 548 g/mol. The summed E-state index contributed by atoms with van der Waals surface area (Å²) < 4.78 is 5.61. The maximum Gasteiger partial charge on any atom is 0.407 e. The van der Waals surface area contributed by atoms with E-state index in [0.717, 1.165) is 22.3 Å². The number of carbonyl (C=O) groups is 4. The fraction of sp³-hybridized carbons (Fsp3) is 0.345. The predicted molar refractivity (Wildman–Crippen MR) is 146 cm³/mol. The number of alkyl carbamates (subject to hydrolysis) is 1. The van der Waals surface area contributed by atoms with Gasteiger partial charge in [-0.3, -0.25) is 9.59 Å². The average Bonchev–Trinajstić information content (AvgIpc) is 3.52. The van der Waals surface area contributed by atoms with Crippen molar-refractivity contribution >= 4 is 23.9 Å². The quantitative estimate of drug-likeness (QED) is 0.261. The third-order valence-electron chi connectivity index (χ3n) is 6.90. The minimum atomic E-state index is -1.55. The predicted octanol–water partition coefficient (Wildman–Crippen LogP) is 2.73. The van der Waals surface area contributed by atoms with E-state index < -0.39 is 41.0 Å². The summed E-state index contributed by atoms with van der Waals surface area (Å²) in [4.78, 5) is 57.3. The van der Waals surface area contributed by atoms with Crippen molar-refractivity contribution in [3.8, 4) is 11.1 Å². The van der Waals surface area contributed by atoms with Gasteiger partial charge < -0.3 is 30.8 Å². The van der Waals surface area contributed by atoms with Crippen LogP contribution < -0.4 is 16.0 Å². The lowest BCUT2D eigenvalue weighted by atomic mass is 9.98. The molecular formula is C29H33N5O6. The number of aliphatic carboxylic acids is 1. The fourth-order valence-electron chi connectivity index (χ4n) is 4.55. The first kappa shape index (κ1) is 28.3. The highest BCUT2D eigenvalue weighted by atomic mass is 16.5. The molecule has 5 N–H and O–H groups in total. The van der Waals surface area contributed by atoms with Crippen molar-refractivity contribution in [3.63, 3.8) is 0 Å². The number of aromatic amines is 1. The Kier molecular flexibility index (Phi) is 7.94. The number of hydrogen-bond donors (Lipinski definition) is 5. The molecule has 40 heavy (non-hydrogen) atoms. The van der Waals surface area contributed by atoms with Crippen LogP contribution in [-0.2, 0) is 25.5 Å². The van der Waals surface area contributed by atoms with Crippen LogP contribution in [0, 0.1) is 0 Å². The molecule has 2 aromatic carbocycles. The summed E-state index contributed by atoms with van der Waals surface area (Å²) in [5.74, 6) is -2.73. The molecule has 1 atom stereocenters. The Morgan fingerprint density at radius 1 is 0.950 bits per heavy atom. The molecule has 11 heteroatoms. The molecule has 0 spiro atoms. The zero-order valence-corrected chi connectivity index (χ0v) is 22.8. The number of carbonyl (C=O) groups excluding carboxylic acids is 3. The van der Waals surface area contributed by atoms with Gasteiger partial charge in [0, 0.05) is 24.2 Å². The first-order valence-corrected chi connectivity index (χ1v) is 12.9. The van der Waals surface area contributed by atoms with Gasteiger partial charge in [-0.2, -0.15) is 0 Å². The highest BCUT2D eigenvalue weighted by molar-refractivity contribution is 5.96. The third-order valence-corrected chi connectivity index (χ3v) is 6.90. The molecule has 1 aromatic heterocycles. The minimum absolute atomic E-state index is 0.0499. The summed E-state index contributed by atoms with van der Waals surface area (Å²) in [7, 11) is 0. The van der Waals surface area contributed by atoms with Gasteiger partial charge in [0.05, 0.1) is 6.33 Å². The maximum absolute atomic E-state index is 13.3. The van der Waals surface area contributed by atoms with Gasteiger partial charge in [-0.25, -0.2) is 14.6 Å². The number of nitrogens with one attached hydrogen (secondary N) is 4. The van der Waals surface area contributed by atoms with Crippen molar-refractivity contribution in [1.29, 1.82) is 0 Å². The number of H-pyrrole nitrogens is 1. The zero-order valence-electron chi connectivity index (χ0n) is 22.8. The van der Waals surface area contributed by atoms with E-state index in [1.807, 2.05) is 48.5 Å². The van der Waals surface area contributed by atoms with Crippen LogP contribution in [0.5, 0.6) is 0 Å². The molecule has 0 saturated carbocycles. The molecule has 0 aliphatic heterocycles. The second kappa shape index (κ2) is 11.2. The molecule has 0 radical (unpaired) electrons. The summed E-state index contributed by atoms with van der Waals surface area (Å²) in [5, 5.41) is 17.0. The molecule has 0 unspecified atom stereocenters. The Hall–Kier alpha value is -4.67. The lowest BCUT2D eigenvalue weighted by Gasteiger charge is -2.31. The first-order valence-electron chi connectivity index (χ1n) is 12.9. The van der Waals surface area contributed by atoms with Gasteiger partial charge in [0.2, 0.25) is 11.8 Å². The summed E-state index contributed by atoms with van der Waals surface area (Å²) in [6.45, 7) is 5.63. The van der Waals surface area contributed by atoms with Crippen LogP contribution in [0.15, 0.2) is 61.1 Å². The lowest BCUT2D eigenvalue weighted by molar-refractivity contribution is -0.147. The Balaban J connectivity index is 1.45. The third kappa shape index (κ3) is 6.14. The number of nitrogens with zero attached hydrogens (tertiary/aromatic N) is 1. The molecule has 11 nitrogen and oxygen atoms in total. The number of benzene rings is 2. The topological polar surface area (TPSA) is 163 Å². The van der Waals surface area contributed by atoms with E-state index in [-0.39, 0.29) is 18.9 Å². The van der Waals surface area contributed by atoms with Gasteiger partial charge in [-0.05, 0) is 49.9 Å². The Morgan fingerprint density at radius 2 is 1.55 bits per heavy atom. The molecule has 0 saturated heterocycles. The molecule has 1 aliphatic carbocycles. The van der Waals surface area contributed by atoms with E-state index >= 15 is 0 Å². The molecule has 1 aliphatic rings. The standard InChI is InChI=1S/C29H33N5O6/c1-28(2,25(36)34-29(3,4)26(37)38)33-24(35)23(13-17-14-30-16-31-17)32-27(39)40-15-22-20-11-7-5-9-18(20)19-10-6-8-12-21(19)22/h5-12,14,16,22-23H,13,15H2,1-4H3,(H,30,31)(H,32,39)(H,33,35)(H,34,36)(H,37,38)/t23-/m0/s1. The van der Waals surface area contributed by atoms with Crippen LogP contribution in [-0.4, -0.2) is 62.7 Å². The number of rotatable bonds is 10. The molecule has 3 aromatic rings. The van der Waals surface area contributed by atoms with Crippen LogP contribution in [0.25, 0.3) is 11.1 Å². The Morgan fingerprint density at radius 3 is 2.10 bits per heavy atom. The largest absolute Gasteiger partial charge is 0.480 e. The Labute approximate surface area is 231 Å². The van der Waals surface area contributed by atoms with Crippen molar-refractivity contribution in [2.75, 3.05) is 6.61 Å². The molecule has 210 valence electrons. The first-order chi connectivity index (χ1) is 18.9. The van der Waals surface area contributed by atoms with E-state index in [9.17, 15) is 24.3 Å². The second-order valence-electron chi connectivity index (χ2n) is 10.8. The number of fused-ring (bicyclic) bond motifs is 3. The second-order valence-corrected chi connectivity index (χ2v) is 10.8. The molecule has 0 fully saturated rings. The van der Waals surface area contributed by atoms with E-state index in [0.29, 0.717) is 5.69 Å². The maximum atomic E-state index is 13.3. The normalized spacial score (nSPS) is 13.5. The van der Waals surface area contributed by atoms with Crippen LogP contribution in [0.4, 0.5) is 4.79 Å². The molecular weight excluding hydrogens is 514 g/mol. The molecule has 1 heterocycles. The van der Waals surface area contributed by atoms with Crippen LogP contribution in [0.1, 0.15) is 50.4 Å². The minimum Gasteiger partial charge on any atom is -0.480 e. The van der Waals surface area contributed by atoms with Gasteiger partial charge in [-0.1, -0.05) is 48.5 Å². The van der Waals surface area contributed by atoms with Crippen molar-refractivity contribution < 1.29 is 29.0 Å². The van der Waals surface area contributed by atoms with Crippen molar-refractivity contribution in [1.82, 2.24) is 25.9 Å². The fourth-order valence-corrected chi connectivity index (χ4v) is 4.55. The molecule has 3 amide bonds. The van der Waals surface area contributed by atoms with Gasteiger partial charge >= 0.3 is 12.1 Å². The number of aromatic nitrogens is 2. The lowest BCUT2D eigenvalue weighted by Crippen LogP contribution is -2.63. The summed E-state index contributed by atoms with van der Waals surface area (Å²) in [6, 6.07) is 14.8. The van der Waals surface area contributed by atoms with Crippen LogP contribution >= 0.6 is 0 Å². The zero-order chi connectivity index (χ0) is 29.1. The van der Waals surface area contributed by atoms with Crippen molar-refractivity contribution in [2.24, 2.45) is 0 Å². The van der Waals surface area contributed by atoms with Gasteiger partial charge in [0.25, 0.3) is 0 Å². The highest BCUT2D eigenvalue weighted by Crippen LogP contribution is 2.44. The number of carboxylic acids is 1. The molecule has 0 bridgehead atoms. The summed E-state index contributed by atoms with van der Waals surface area (Å²) in [5.41, 5.74) is 1.84. The van der Waals surface area contributed by atoms with Crippen molar-refractivity contribution in [3.05, 3.63) is 77.9 Å². The summed E-state index contributed by atoms with van der Waals surface area (Å²) >= 11 is 0. The number of amides is 3. The molecule has 4 rings (SSSR count). The Bertz CT molecular complexity index is 1370. The monoisotopic (exact) mass is 547 g/mol. The van der Waals surface area contributed by atoms with E-state index in [1.54, 1.807) is 0 Å². The SMILES string of the molecule is CC(C)(NC(=O)C(C)(C)NC(=O)[C@H](Cc1cnc[nH]1)NC(=O)OCC1c2ccccc2-c2ccccc21)C(=O)O. The van der Waals surface area contributed by atoms with Gasteiger partial charge in [0.15, 0.2) is 0 Å². The number of imidazole rings is 1. The van der Waals surface area contributed by atoms with E-state index in [4.69, 9.17) is 4.74 Å². The van der Waals surface area contributed by atoms with Crippen molar-refractivity contribution in [2.45, 2.75) is 57.2 Å². The van der Waals surface area contributed by atoms with Gasteiger partial charge in [0.1, 0.15) is 23.7 Å². The smallest absolute Gasteiger partial charge is 0.407 e. The van der Waals surface area contributed by atoms with Crippen LogP contribution in [0.2, 0.25) is 0 Å². The number of ether oxygens (including phenoxy) is 1. The van der Waals surface area contributed by atoms with Crippen LogP contribution in [0.3, 0.4) is 0 Å². The van der Waals surface area contributed by atoms with Gasteiger partial charge in [-0.15, -0.1) is 0 Å². The summed E-state index contributed by atoms with van der Waals surface area (Å²) in [6.07, 6.45) is 2.22. The van der Waals surface area contributed by atoms with E-state index in [2.05, 4.69) is 25.9 Å². The highest BCUT2D eigenvalue weighted by Gasteiger charge is 2.38.